The molecule has 4 rings (SSSR count). The first-order chi connectivity index (χ1) is 18.1. The lowest BCUT2D eigenvalue weighted by atomic mass is 9.81. The fraction of sp³-hybridized carbons (Fsp3) is 0.552. The zero-order valence-corrected chi connectivity index (χ0v) is 23.6. The minimum Gasteiger partial charge on any atom is -0.469 e. The van der Waals surface area contributed by atoms with E-state index in [1.54, 1.807) is 37.4 Å². The molecule has 1 saturated carbocycles. The van der Waals surface area contributed by atoms with Gasteiger partial charge in [-0.2, -0.15) is 0 Å². The molecule has 9 heteroatoms. The summed E-state index contributed by atoms with van der Waals surface area (Å²) in [5.74, 6) is 0.708. The number of ether oxygens (including phenoxy) is 1. The van der Waals surface area contributed by atoms with Crippen LogP contribution < -0.4 is 5.32 Å². The first-order valence-electron chi connectivity index (χ1n) is 13.5. The zero-order valence-electron chi connectivity index (χ0n) is 22.8. The molecule has 1 amide bonds. The predicted octanol–water partition coefficient (Wildman–Crippen LogP) is 4.30. The number of sulfone groups is 1. The fourth-order valence-electron chi connectivity index (χ4n) is 5.79. The van der Waals surface area contributed by atoms with Crippen molar-refractivity contribution in [3.8, 4) is 0 Å². The van der Waals surface area contributed by atoms with Gasteiger partial charge in [-0.25, -0.2) is 8.42 Å². The Hall–Kier alpha value is -2.78. The van der Waals surface area contributed by atoms with Gasteiger partial charge in [0, 0.05) is 25.8 Å². The Morgan fingerprint density at radius 3 is 2.42 bits per heavy atom. The van der Waals surface area contributed by atoms with Crippen molar-refractivity contribution in [3.05, 3.63) is 58.9 Å². The van der Waals surface area contributed by atoms with E-state index in [4.69, 9.17) is 9.72 Å². The quantitative estimate of drug-likeness (QED) is 0.472. The molecule has 0 unspecified atom stereocenters. The third kappa shape index (κ3) is 6.26. The second-order valence-electron chi connectivity index (χ2n) is 10.9. The maximum atomic E-state index is 12.9. The lowest BCUT2D eigenvalue weighted by molar-refractivity contribution is -0.146. The SMILES string of the molecule is CCS(=O)(=O)c1ccc(CNC(=O)c2cnc3c(c2)CN(C[C@H]2CC[C@H](C(=O)OC)CC2)[C@H]3C(C)C)cc1. The van der Waals surface area contributed by atoms with Gasteiger partial charge >= 0.3 is 5.97 Å². The Morgan fingerprint density at radius 2 is 1.82 bits per heavy atom. The van der Waals surface area contributed by atoms with Gasteiger partial charge in [-0.3, -0.25) is 19.5 Å². The maximum Gasteiger partial charge on any atom is 0.308 e. The minimum absolute atomic E-state index is 0.0259. The first-order valence-corrected chi connectivity index (χ1v) is 15.2. The van der Waals surface area contributed by atoms with E-state index in [0.29, 0.717) is 28.8 Å². The molecule has 1 atom stereocenters. The number of esters is 1. The van der Waals surface area contributed by atoms with Crippen molar-refractivity contribution in [1.29, 1.82) is 0 Å². The van der Waals surface area contributed by atoms with Crippen LogP contribution in [0.25, 0.3) is 0 Å². The van der Waals surface area contributed by atoms with Crippen molar-refractivity contribution < 1.29 is 22.7 Å². The van der Waals surface area contributed by atoms with E-state index in [-0.39, 0.29) is 29.6 Å². The normalized spacial score (nSPS) is 21.8. The first kappa shape index (κ1) is 28.2. The highest BCUT2D eigenvalue weighted by molar-refractivity contribution is 7.91. The largest absolute Gasteiger partial charge is 0.469 e. The molecule has 0 bridgehead atoms. The highest BCUT2D eigenvalue weighted by Crippen LogP contribution is 2.40. The molecule has 1 aliphatic carbocycles. The average molecular weight is 542 g/mol. The summed E-state index contributed by atoms with van der Waals surface area (Å²) in [4.78, 5) is 32.3. The Morgan fingerprint density at radius 1 is 1.13 bits per heavy atom. The van der Waals surface area contributed by atoms with Crippen LogP contribution in [0.2, 0.25) is 0 Å². The van der Waals surface area contributed by atoms with Gasteiger partial charge in [0.15, 0.2) is 9.84 Å². The molecule has 2 aromatic rings. The molecule has 0 saturated heterocycles. The molecule has 0 radical (unpaired) electrons. The van der Waals surface area contributed by atoms with E-state index < -0.39 is 9.84 Å². The van der Waals surface area contributed by atoms with Gasteiger partial charge < -0.3 is 10.1 Å². The van der Waals surface area contributed by atoms with Crippen molar-refractivity contribution in [1.82, 2.24) is 15.2 Å². The fourth-order valence-corrected chi connectivity index (χ4v) is 6.67. The van der Waals surface area contributed by atoms with Crippen molar-refractivity contribution >= 4 is 21.7 Å². The van der Waals surface area contributed by atoms with E-state index in [0.717, 1.165) is 55.6 Å². The van der Waals surface area contributed by atoms with Crippen molar-refractivity contribution in [3.63, 3.8) is 0 Å². The van der Waals surface area contributed by atoms with Gasteiger partial charge in [-0.15, -0.1) is 0 Å². The summed E-state index contributed by atoms with van der Waals surface area (Å²) < 4.78 is 28.9. The van der Waals surface area contributed by atoms with Crippen LogP contribution in [0.5, 0.6) is 0 Å². The summed E-state index contributed by atoms with van der Waals surface area (Å²) in [5, 5.41) is 2.93. The summed E-state index contributed by atoms with van der Waals surface area (Å²) in [5.41, 5.74) is 3.49. The van der Waals surface area contributed by atoms with E-state index in [2.05, 4.69) is 24.1 Å². The lowest BCUT2D eigenvalue weighted by Gasteiger charge is -2.34. The smallest absolute Gasteiger partial charge is 0.308 e. The minimum atomic E-state index is -3.25. The van der Waals surface area contributed by atoms with Crippen LogP contribution >= 0.6 is 0 Å². The van der Waals surface area contributed by atoms with E-state index in [1.165, 1.54) is 7.11 Å². The molecule has 1 aliphatic heterocycles. The Kier molecular flexibility index (Phi) is 8.88. The maximum absolute atomic E-state index is 12.9. The van der Waals surface area contributed by atoms with Crippen LogP contribution in [-0.2, 0) is 32.5 Å². The highest BCUT2D eigenvalue weighted by Gasteiger charge is 2.36. The Bertz CT molecular complexity index is 1250. The molecule has 0 spiro atoms. The molecule has 2 aliphatic rings. The van der Waals surface area contributed by atoms with Crippen LogP contribution in [0, 0.1) is 17.8 Å². The standard InChI is InChI=1S/C29H39N3O5S/c1-5-38(35,36)25-12-8-20(9-13-25)15-31-28(33)23-14-24-18-32(27(19(2)3)26(24)30-16-23)17-21-6-10-22(11-7-21)29(34)37-4/h8-9,12-14,16,19,21-22,27H,5-7,10-11,15,17-18H2,1-4H3,(H,31,33)/t21-,22-,27-/m0/s1. The number of amides is 1. The van der Waals surface area contributed by atoms with Gasteiger partial charge in [-0.1, -0.05) is 32.9 Å². The molecule has 206 valence electrons. The van der Waals surface area contributed by atoms with Crippen LogP contribution in [0.3, 0.4) is 0 Å². The zero-order chi connectivity index (χ0) is 27.4. The number of hydrogen-bond acceptors (Lipinski definition) is 7. The molecule has 8 nitrogen and oxygen atoms in total. The Labute approximate surface area is 226 Å². The van der Waals surface area contributed by atoms with E-state index in [1.807, 2.05) is 6.07 Å². The van der Waals surface area contributed by atoms with Crippen molar-refractivity contribution in [2.45, 2.75) is 70.5 Å². The van der Waals surface area contributed by atoms with Crippen LogP contribution in [0.4, 0.5) is 0 Å². The Balaban J connectivity index is 1.38. The number of methoxy groups -OCH3 is 1. The predicted molar refractivity (Wildman–Crippen MR) is 145 cm³/mol. The number of rotatable bonds is 9. The van der Waals surface area contributed by atoms with E-state index in [9.17, 15) is 18.0 Å². The lowest BCUT2D eigenvalue weighted by Crippen LogP contribution is -2.33. The number of benzene rings is 1. The van der Waals surface area contributed by atoms with Crippen LogP contribution in [0.1, 0.15) is 79.7 Å². The number of nitrogens with one attached hydrogen (secondary N) is 1. The van der Waals surface area contributed by atoms with E-state index >= 15 is 0 Å². The number of nitrogens with zero attached hydrogens (tertiary/aromatic N) is 2. The summed E-state index contributed by atoms with van der Waals surface area (Å²) in [6.45, 7) is 8.06. The third-order valence-corrected chi connectivity index (χ3v) is 9.68. The van der Waals surface area contributed by atoms with Gasteiger partial charge in [0.25, 0.3) is 5.91 Å². The molecular weight excluding hydrogens is 502 g/mol. The van der Waals surface area contributed by atoms with Gasteiger partial charge in [0.2, 0.25) is 0 Å². The molecule has 1 aromatic heterocycles. The van der Waals surface area contributed by atoms with Crippen molar-refractivity contribution in [2.75, 3.05) is 19.4 Å². The van der Waals surface area contributed by atoms with Crippen molar-refractivity contribution in [2.24, 2.45) is 17.8 Å². The van der Waals surface area contributed by atoms with Gasteiger partial charge in [0.05, 0.1) is 41.0 Å². The molecule has 38 heavy (non-hydrogen) atoms. The number of fused-ring (bicyclic) bond motifs is 1. The van der Waals surface area contributed by atoms with Crippen LogP contribution in [0.15, 0.2) is 41.4 Å². The van der Waals surface area contributed by atoms with Crippen LogP contribution in [-0.4, -0.2) is 49.6 Å². The second-order valence-corrected chi connectivity index (χ2v) is 13.1. The molecular formula is C29H39N3O5S. The average Bonchev–Trinajstić information content (AvgIpc) is 3.29. The summed E-state index contributed by atoms with van der Waals surface area (Å²) in [7, 11) is -1.78. The number of pyridine rings is 1. The molecule has 1 N–H and O–H groups in total. The number of carbonyl (C=O) groups excluding carboxylic acids is 2. The summed E-state index contributed by atoms with van der Waals surface area (Å²) in [6, 6.07) is 8.79. The third-order valence-electron chi connectivity index (χ3n) is 7.93. The molecule has 2 heterocycles. The number of hydrogen-bond donors (Lipinski definition) is 1. The number of carbonyl (C=O) groups is 2. The van der Waals surface area contributed by atoms with Gasteiger partial charge in [0.1, 0.15) is 0 Å². The molecule has 1 fully saturated rings. The highest BCUT2D eigenvalue weighted by atomic mass is 32.2. The number of aromatic nitrogens is 1. The topological polar surface area (TPSA) is 106 Å². The summed E-state index contributed by atoms with van der Waals surface area (Å²) in [6.07, 6.45) is 5.45. The molecule has 1 aromatic carbocycles. The van der Waals surface area contributed by atoms with Gasteiger partial charge in [-0.05, 0) is 66.8 Å². The second kappa shape index (κ2) is 11.9. The monoisotopic (exact) mass is 541 g/mol. The summed E-state index contributed by atoms with van der Waals surface area (Å²) >= 11 is 0.